The molecule has 2 aromatic rings. The molecule has 5 heteroatoms. The maximum atomic E-state index is 11.0. The minimum Gasteiger partial charge on any atom is -0.423 e. The normalized spacial score (nSPS) is 12.5. The molecule has 17 heavy (non-hydrogen) atoms. The SMILES string of the molecule is NC(=O)CC(N)c1ccc2oc(=O)ccc2c1. The molecule has 0 saturated heterocycles. The fourth-order valence-electron chi connectivity index (χ4n) is 1.66. The first kappa shape index (κ1) is 11.3. The Bertz CT molecular complexity index is 618. The summed E-state index contributed by atoms with van der Waals surface area (Å²) in [6.07, 6.45) is 0.0856. The predicted molar refractivity (Wildman–Crippen MR) is 63.2 cm³/mol. The van der Waals surface area contributed by atoms with Gasteiger partial charge in [0, 0.05) is 23.9 Å². The van der Waals surface area contributed by atoms with Crippen molar-refractivity contribution in [2.24, 2.45) is 11.5 Å². The molecule has 0 saturated carbocycles. The summed E-state index contributed by atoms with van der Waals surface area (Å²) in [6.45, 7) is 0. The van der Waals surface area contributed by atoms with Gasteiger partial charge in [-0.1, -0.05) is 6.07 Å². The van der Waals surface area contributed by atoms with E-state index in [-0.39, 0.29) is 6.42 Å². The Kier molecular flexibility index (Phi) is 2.93. The molecule has 2 rings (SSSR count). The Morgan fingerprint density at radius 1 is 1.29 bits per heavy atom. The molecule has 0 bridgehead atoms. The number of rotatable bonds is 3. The van der Waals surface area contributed by atoms with Crippen LogP contribution in [0.15, 0.2) is 39.5 Å². The van der Waals surface area contributed by atoms with Gasteiger partial charge >= 0.3 is 5.63 Å². The number of carbonyl (C=O) groups excluding carboxylic acids is 1. The Hall–Kier alpha value is -2.14. The molecule has 0 radical (unpaired) electrons. The average molecular weight is 232 g/mol. The number of carbonyl (C=O) groups is 1. The van der Waals surface area contributed by atoms with Gasteiger partial charge in [0.2, 0.25) is 5.91 Å². The van der Waals surface area contributed by atoms with Crippen LogP contribution in [0.5, 0.6) is 0 Å². The highest BCUT2D eigenvalue weighted by Crippen LogP contribution is 2.19. The molecule has 0 spiro atoms. The Balaban J connectivity index is 2.41. The van der Waals surface area contributed by atoms with Gasteiger partial charge in [-0.2, -0.15) is 0 Å². The average Bonchev–Trinajstić information content (AvgIpc) is 2.27. The van der Waals surface area contributed by atoms with E-state index in [2.05, 4.69) is 0 Å². The largest absolute Gasteiger partial charge is 0.423 e. The van der Waals surface area contributed by atoms with Crippen molar-refractivity contribution in [3.05, 3.63) is 46.3 Å². The lowest BCUT2D eigenvalue weighted by molar-refractivity contribution is -0.118. The van der Waals surface area contributed by atoms with E-state index in [1.54, 1.807) is 24.3 Å². The molecule has 4 N–H and O–H groups in total. The topological polar surface area (TPSA) is 99.3 Å². The first-order chi connectivity index (χ1) is 8.06. The first-order valence-corrected chi connectivity index (χ1v) is 5.14. The lowest BCUT2D eigenvalue weighted by Gasteiger charge is -2.10. The van der Waals surface area contributed by atoms with E-state index in [1.807, 2.05) is 0 Å². The summed E-state index contributed by atoms with van der Waals surface area (Å²) < 4.78 is 4.99. The van der Waals surface area contributed by atoms with E-state index >= 15 is 0 Å². The zero-order valence-corrected chi connectivity index (χ0v) is 9.05. The van der Waals surface area contributed by atoms with Crippen molar-refractivity contribution in [1.82, 2.24) is 0 Å². The van der Waals surface area contributed by atoms with Gasteiger partial charge in [0.1, 0.15) is 5.58 Å². The lowest BCUT2D eigenvalue weighted by Crippen LogP contribution is -2.20. The third-order valence-electron chi connectivity index (χ3n) is 2.49. The molecular weight excluding hydrogens is 220 g/mol. The van der Waals surface area contributed by atoms with Crippen molar-refractivity contribution >= 4 is 16.9 Å². The third kappa shape index (κ3) is 2.51. The first-order valence-electron chi connectivity index (χ1n) is 5.14. The molecule has 0 aliphatic carbocycles. The fraction of sp³-hybridized carbons (Fsp3) is 0.167. The second-order valence-electron chi connectivity index (χ2n) is 3.83. The van der Waals surface area contributed by atoms with Gasteiger partial charge in [-0.3, -0.25) is 4.79 Å². The molecule has 88 valence electrons. The van der Waals surface area contributed by atoms with Gasteiger partial charge < -0.3 is 15.9 Å². The Morgan fingerprint density at radius 3 is 2.76 bits per heavy atom. The Labute approximate surface area is 97.0 Å². The van der Waals surface area contributed by atoms with Crippen LogP contribution in [0.3, 0.4) is 0 Å². The Morgan fingerprint density at radius 2 is 2.06 bits per heavy atom. The summed E-state index contributed by atoms with van der Waals surface area (Å²) in [7, 11) is 0. The minimum atomic E-state index is -0.447. The van der Waals surface area contributed by atoms with E-state index in [0.717, 1.165) is 10.9 Å². The fourth-order valence-corrected chi connectivity index (χ4v) is 1.66. The second kappa shape index (κ2) is 4.39. The second-order valence-corrected chi connectivity index (χ2v) is 3.83. The molecule has 0 aliphatic rings. The highest BCUT2D eigenvalue weighted by atomic mass is 16.4. The summed E-state index contributed by atoms with van der Waals surface area (Å²) in [6, 6.07) is 7.72. The van der Waals surface area contributed by atoms with Crippen LogP contribution in [-0.4, -0.2) is 5.91 Å². The summed E-state index contributed by atoms with van der Waals surface area (Å²) in [4.78, 5) is 21.8. The molecule has 0 fully saturated rings. The van der Waals surface area contributed by atoms with Crippen LogP contribution in [0, 0.1) is 0 Å². The van der Waals surface area contributed by atoms with Crippen LogP contribution in [0.2, 0.25) is 0 Å². The van der Waals surface area contributed by atoms with Crippen molar-refractivity contribution in [1.29, 1.82) is 0 Å². The molecule has 1 aromatic heterocycles. The highest BCUT2D eigenvalue weighted by Gasteiger charge is 2.10. The number of fused-ring (bicyclic) bond motifs is 1. The number of primary amides is 1. The van der Waals surface area contributed by atoms with E-state index in [0.29, 0.717) is 5.58 Å². The maximum Gasteiger partial charge on any atom is 0.336 e. The van der Waals surface area contributed by atoms with Gasteiger partial charge in [0.25, 0.3) is 0 Å². The molecule has 1 aromatic carbocycles. The molecule has 0 aliphatic heterocycles. The number of benzene rings is 1. The van der Waals surface area contributed by atoms with Crippen LogP contribution in [-0.2, 0) is 4.79 Å². The van der Waals surface area contributed by atoms with Crippen LogP contribution in [0.25, 0.3) is 11.0 Å². The zero-order valence-electron chi connectivity index (χ0n) is 9.05. The van der Waals surface area contributed by atoms with Gasteiger partial charge in [-0.25, -0.2) is 4.79 Å². The van der Waals surface area contributed by atoms with Crippen LogP contribution in [0.1, 0.15) is 18.0 Å². The lowest BCUT2D eigenvalue weighted by atomic mass is 10.0. The van der Waals surface area contributed by atoms with Crippen LogP contribution >= 0.6 is 0 Å². The smallest absolute Gasteiger partial charge is 0.336 e. The van der Waals surface area contributed by atoms with E-state index < -0.39 is 17.6 Å². The number of amides is 1. The maximum absolute atomic E-state index is 11.0. The third-order valence-corrected chi connectivity index (χ3v) is 2.49. The molecule has 1 atom stereocenters. The van der Waals surface area contributed by atoms with Crippen molar-refractivity contribution in [3.8, 4) is 0 Å². The highest BCUT2D eigenvalue weighted by molar-refractivity contribution is 5.78. The van der Waals surface area contributed by atoms with E-state index in [9.17, 15) is 9.59 Å². The van der Waals surface area contributed by atoms with Crippen LogP contribution < -0.4 is 17.1 Å². The van der Waals surface area contributed by atoms with Crippen molar-refractivity contribution in [2.45, 2.75) is 12.5 Å². The quantitative estimate of drug-likeness (QED) is 0.759. The van der Waals surface area contributed by atoms with Gasteiger partial charge in [0.15, 0.2) is 0 Å². The van der Waals surface area contributed by atoms with Gasteiger partial charge in [0.05, 0.1) is 0 Å². The van der Waals surface area contributed by atoms with Crippen molar-refractivity contribution in [2.75, 3.05) is 0 Å². The summed E-state index contributed by atoms with van der Waals surface area (Å²) in [5.74, 6) is -0.447. The molecule has 5 nitrogen and oxygen atoms in total. The number of hydrogen-bond acceptors (Lipinski definition) is 4. The van der Waals surface area contributed by atoms with E-state index in [1.165, 1.54) is 6.07 Å². The number of nitrogens with two attached hydrogens (primary N) is 2. The molecule has 1 unspecified atom stereocenters. The van der Waals surface area contributed by atoms with Crippen LogP contribution in [0.4, 0.5) is 0 Å². The summed E-state index contributed by atoms with van der Waals surface area (Å²) in [5.41, 5.74) is 11.8. The van der Waals surface area contributed by atoms with Gasteiger partial charge in [-0.15, -0.1) is 0 Å². The van der Waals surface area contributed by atoms with Gasteiger partial charge in [-0.05, 0) is 23.8 Å². The molecule has 1 heterocycles. The summed E-state index contributed by atoms with van der Waals surface area (Å²) >= 11 is 0. The zero-order chi connectivity index (χ0) is 12.4. The van der Waals surface area contributed by atoms with E-state index in [4.69, 9.17) is 15.9 Å². The predicted octanol–water partition coefficient (Wildman–Crippen LogP) is 0.668. The molecule has 1 amide bonds. The standard InChI is InChI=1S/C12H12N2O3/c13-9(6-11(14)15)7-1-3-10-8(5-7)2-4-12(16)17-10/h1-5,9H,6,13H2,(H2,14,15). The molecular formula is C12H12N2O3. The minimum absolute atomic E-state index is 0.0856. The monoisotopic (exact) mass is 232 g/mol. The van der Waals surface area contributed by atoms with Crippen molar-refractivity contribution < 1.29 is 9.21 Å². The van der Waals surface area contributed by atoms with Crippen molar-refractivity contribution in [3.63, 3.8) is 0 Å². The summed E-state index contributed by atoms with van der Waals surface area (Å²) in [5, 5.41) is 0.766. The number of hydrogen-bond donors (Lipinski definition) is 2.